The van der Waals surface area contributed by atoms with Crippen molar-refractivity contribution in [1.29, 1.82) is 0 Å². The van der Waals surface area contributed by atoms with E-state index in [4.69, 9.17) is 0 Å². The second kappa shape index (κ2) is 8.82. The molecule has 3 N–H and O–H groups in total. The molecule has 12 heteroatoms. The minimum absolute atomic E-state index is 0.0914. The summed E-state index contributed by atoms with van der Waals surface area (Å²) in [6.07, 6.45) is 4.91. The number of piperidine rings is 1. The van der Waals surface area contributed by atoms with Crippen molar-refractivity contribution in [1.82, 2.24) is 24.3 Å². The average molecular weight is 503 g/mol. The third-order valence-corrected chi connectivity index (χ3v) is 6.79. The number of hydrogen-bond acceptors (Lipinski definition) is 8. The standard InChI is InChI=1S/C25H22FN7O4/c26-17-5-7-31(13-20(17)34)14-1-4-21(28-9-14)30-18-3-2-15(16-12-33(25(36)37)24(35)23(16)18)19-10-29-22-11-27-6-8-32(19)22/h1-4,6,8-11,17,20,34H,5,7,12-13H2,(H,28,30)(H,36,37)/t17-,20-/m1/s1. The second-order valence-corrected chi connectivity index (χ2v) is 8.98. The number of β-amino-alcohol motifs (C(OH)–C–C–N with tert-alkyl or cyclic N) is 1. The van der Waals surface area contributed by atoms with Gasteiger partial charge >= 0.3 is 6.09 Å². The van der Waals surface area contributed by atoms with Crippen molar-refractivity contribution in [2.45, 2.75) is 25.2 Å². The maximum absolute atomic E-state index is 13.6. The second-order valence-electron chi connectivity index (χ2n) is 8.98. The van der Waals surface area contributed by atoms with Gasteiger partial charge in [0.1, 0.15) is 18.1 Å². The number of aliphatic hydroxyl groups excluding tert-OH is 1. The third kappa shape index (κ3) is 3.91. The number of rotatable bonds is 4. The number of carbonyl (C=O) groups is 2. The number of imide groups is 1. The van der Waals surface area contributed by atoms with Gasteiger partial charge in [0.2, 0.25) is 0 Å². The zero-order chi connectivity index (χ0) is 25.7. The van der Waals surface area contributed by atoms with Crippen molar-refractivity contribution in [3.05, 3.63) is 66.4 Å². The Kier molecular flexibility index (Phi) is 5.45. The van der Waals surface area contributed by atoms with E-state index in [0.29, 0.717) is 40.5 Å². The van der Waals surface area contributed by atoms with Crippen molar-refractivity contribution < 1.29 is 24.2 Å². The number of pyridine rings is 1. The lowest BCUT2D eigenvalue weighted by molar-refractivity contribution is 0.0645. The largest absolute Gasteiger partial charge is 0.465 e. The molecular weight excluding hydrogens is 481 g/mol. The summed E-state index contributed by atoms with van der Waals surface area (Å²) in [6, 6.07) is 7.05. The van der Waals surface area contributed by atoms with E-state index in [1.165, 1.54) is 0 Å². The number of aliphatic hydroxyl groups is 1. The van der Waals surface area contributed by atoms with E-state index in [-0.39, 0.29) is 25.1 Å². The Balaban J connectivity index is 1.34. The molecule has 2 aliphatic heterocycles. The van der Waals surface area contributed by atoms with Crippen LogP contribution in [0.15, 0.2) is 55.2 Å². The van der Waals surface area contributed by atoms with Gasteiger partial charge in [0.05, 0.1) is 47.8 Å². The fourth-order valence-corrected chi connectivity index (χ4v) is 4.88. The summed E-state index contributed by atoms with van der Waals surface area (Å²) in [5, 5.41) is 22.6. The van der Waals surface area contributed by atoms with Crippen LogP contribution in [0.5, 0.6) is 0 Å². The lowest BCUT2D eigenvalue weighted by Gasteiger charge is -2.33. The Morgan fingerprint density at radius 3 is 2.76 bits per heavy atom. The zero-order valence-corrected chi connectivity index (χ0v) is 19.5. The molecule has 37 heavy (non-hydrogen) atoms. The van der Waals surface area contributed by atoms with Gasteiger partial charge in [-0.05, 0) is 30.2 Å². The van der Waals surface area contributed by atoms with Gasteiger partial charge in [-0.2, -0.15) is 0 Å². The predicted molar refractivity (Wildman–Crippen MR) is 132 cm³/mol. The molecule has 2 atom stereocenters. The maximum atomic E-state index is 13.6. The lowest BCUT2D eigenvalue weighted by atomic mass is 9.99. The van der Waals surface area contributed by atoms with E-state index >= 15 is 0 Å². The van der Waals surface area contributed by atoms with Gasteiger partial charge in [-0.15, -0.1) is 0 Å². The fourth-order valence-electron chi connectivity index (χ4n) is 4.88. The first-order valence-corrected chi connectivity index (χ1v) is 11.7. The Bertz CT molecular complexity index is 1520. The van der Waals surface area contributed by atoms with Gasteiger partial charge in [-0.1, -0.05) is 6.07 Å². The van der Waals surface area contributed by atoms with Crippen LogP contribution in [0.2, 0.25) is 0 Å². The highest BCUT2D eigenvalue weighted by Crippen LogP contribution is 2.38. The smallest absolute Gasteiger partial charge is 0.414 e. The van der Waals surface area contributed by atoms with Crippen LogP contribution in [0, 0.1) is 0 Å². The number of amides is 2. The number of carboxylic acid groups (broad SMARTS) is 1. The monoisotopic (exact) mass is 503 g/mol. The molecular formula is C25H22FN7O4. The van der Waals surface area contributed by atoms with Gasteiger partial charge in [-0.3, -0.25) is 14.2 Å². The number of anilines is 3. The van der Waals surface area contributed by atoms with E-state index in [0.717, 1.165) is 10.6 Å². The Morgan fingerprint density at radius 1 is 1.14 bits per heavy atom. The van der Waals surface area contributed by atoms with Crippen molar-refractivity contribution >= 4 is 34.8 Å². The summed E-state index contributed by atoms with van der Waals surface area (Å²) in [4.78, 5) is 40.4. The van der Waals surface area contributed by atoms with Crippen molar-refractivity contribution in [2.75, 3.05) is 23.3 Å². The number of carbonyl (C=O) groups excluding carboxylic acids is 1. The molecule has 6 rings (SSSR count). The van der Waals surface area contributed by atoms with Gasteiger partial charge in [0.25, 0.3) is 5.91 Å². The number of imidazole rings is 1. The Hall–Kier alpha value is -4.58. The van der Waals surface area contributed by atoms with Gasteiger partial charge < -0.3 is 20.4 Å². The third-order valence-electron chi connectivity index (χ3n) is 6.79. The molecule has 0 aliphatic carbocycles. The first kappa shape index (κ1) is 22.9. The highest BCUT2D eigenvalue weighted by atomic mass is 19.1. The summed E-state index contributed by atoms with van der Waals surface area (Å²) >= 11 is 0. The molecule has 3 aromatic heterocycles. The zero-order valence-electron chi connectivity index (χ0n) is 19.5. The first-order valence-electron chi connectivity index (χ1n) is 11.7. The number of hydrogen-bond donors (Lipinski definition) is 3. The first-order chi connectivity index (χ1) is 17.9. The van der Waals surface area contributed by atoms with Crippen LogP contribution in [0.3, 0.4) is 0 Å². The van der Waals surface area contributed by atoms with E-state index in [9.17, 15) is 24.2 Å². The van der Waals surface area contributed by atoms with Gasteiger partial charge in [0.15, 0.2) is 5.65 Å². The molecule has 0 unspecified atom stereocenters. The van der Waals surface area contributed by atoms with E-state index in [2.05, 4.69) is 20.3 Å². The maximum Gasteiger partial charge on any atom is 0.414 e. The van der Waals surface area contributed by atoms with Crippen LogP contribution in [0.4, 0.5) is 26.4 Å². The summed E-state index contributed by atoms with van der Waals surface area (Å²) < 4.78 is 15.4. The van der Waals surface area contributed by atoms with Crippen LogP contribution in [-0.4, -0.2) is 71.8 Å². The summed E-state index contributed by atoms with van der Waals surface area (Å²) in [5.41, 5.74) is 4.01. The highest BCUT2D eigenvalue weighted by molar-refractivity contribution is 6.11. The Labute approximate surface area is 209 Å². The number of fused-ring (bicyclic) bond motifs is 2. The predicted octanol–water partition coefficient (Wildman–Crippen LogP) is 3.08. The SMILES string of the molecule is O=C(O)N1Cc2c(-c3cnc4cnccn34)ccc(Nc3ccc(N4CC[C@@H](F)[C@H](O)C4)cn3)c2C1=O. The normalized spacial score (nSPS) is 19.4. The lowest BCUT2D eigenvalue weighted by Crippen LogP contribution is -2.45. The molecule has 188 valence electrons. The Morgan fingerprint density at radius 2 is 2.00 bits per heavy atom. The van der Waals surface area contributed by atoms with Gasteiger partial charge in [-0.25, -0.2) is 24.1 Å². The van der Waals surface area contributed by atoms with Crippen molar-refractivity contribution in [3.8, 4) is 11.3 Å². The summed E-state index contributed by atoms with van der Waals surface area (Å²) in [7, 11) is 0. The fraction of sp³-hybridized carbons (Fsp3) is 0.240. The number of alkyl halides is 1. The van der Waals surface area contributed by atoms with Gasteiger partial charge in [0, 0.05) is 31.0 Å². The topological polar surface area (TPSA) is 136 Å². The molecule has 0 bridgehead atoms. The summed E-state index contributed by atoms with van der Waals surface area (Å²) in [5.74, 6) is -0.177. The van der Waals surface area contributed by atoms with E-state index < -0.39 is 24.3 Å². The molecule has 2 aliphatic rings. The molecule has 1 fully saturated rings. The molecule has 1 aromatic carbocycles. The quantitative estimate of drug-likeness (QED) is 0.384. The average Bonchev–Trinajstić information content (AvgIpc) is 3.48. The highest BCUT2D eigenvalue weighted by Gasteiger charge is 2.37. The molecule has 11 nitrogen and oxygen atoms in total. The van der Waals surface area contributed by atoms with Crippen LogP contribution >= 0.6 is 0 Å². The molecule has 1 saturated heterocycles. The molecule has 0 spiro atoms. The van der Waals surface area contributed by atoms with Crippen LogP contribution < -0.4 is 10.2 Å². The van der Waals surface area contributed by atoms with Crippen LogP contribution in [0.1, 0.15) is 22.3 Å². The minimum Gasteiger partial charge on any atom is -0.465 e. The molecule has 2 amide bonds. The van der Waals surface area contributed by atoms with Crippen LogP contribution in [0.25, 0.3) is 16.9 Å². The summed E-state index contributed by atoms with van der Waals surface area (Å²) in [6.45, 7) is 0.565. The number of nitrogens with one attached hydrogen (secondary N) is 1. The van der Waals surface area contributed by atoms with Crippen molar-refractivity contribution in [2.24, 2.45) is 0 Å². The molecule has 4 aromatic rings. The van der Waals surface area contributed by atoms with E-state index in [1.807, 2.05) is 15.4 Å². The number of nitrogens with zero attached hydrogens (tertiary/aromatic N) is 6. The number of aromatic nitrogens is 4. The van der Waals surface area contributed by atoms with Crippen molar-refractivity contribution in [3.63, 3.8) is 0 Å². The molecule has 5 heterocycles. The number of halogens is 1. The molecule has 0 radical (unpaired) electrons. The number of benzene rings is 1. The van der Waals surface area contributed by atoms with Crippen LogP contribution in [-0.2, 0) is 6.54 Å². The molecule has 0 saturated carbocycles. The van der Waals surface area contributed by atoms with E-state index in [1.54, 1.807) is 49.2 Å². The minimum atomic E-state index is -1.33.